The highest BCUT2D eigenvalue weighted by molar-refractivity contribution is 6.32. The summed E-state index contributed by atoms with van der Waals surface area (Å²) in [6, 6.07) is 0.800. The zero-order valence-corrected chi connectivity index (χ0v) is 9.19. The first-order valence-electron chi connectivity index (χ1n) is 4.41. The van der Waals surface area contributed by atoms with Crippen LogP contribution in [0.1, 0.15) is 18.2 Å². The van der Waals surface area contributed by atoms with Crippen molar-refractivity contribution in [1.29, 1.82) is 0 Å². The summed E-state index contributed by atoms with van der Waals surface area (Å²) < 4.78 is 41.9. The largest absolute Gasteiger partial charge is 0.492 e. The van der Waals surface area contributed by atoms with Crippen LogP contribution in [-0.2, 0) is 10.9 Å². The van der Waals surface area contributed by atoms with Gasteiger partial charge in [0.15, 0.2) is 0 Å². The van der Waals surface area contributed by atoms with E-state index in [1.165, 1.54) is 0 Å². The summed E-state index contributed by atoms with van der Waals surface area (Å²) in [5.41, 5.74) is -0.776. The summed E-state index contributed by atoms with van der Waals surface area (Å²) in [5.74, 6) is 0.154. The Balaban J connectivity index is 3.05. The number of pyridine rings is 1. The highest BCUT2D eigenvalue weighted by Crippen LogP contribution is 2.32. The molecular weight excluding hydrogens is 243 g/mol. The summed E-state index contributed by atoms with van der Waals surface area (Å²) >= 11 is 5.66. The van der Waals surface area contributed by atoms with Crippen LogP contribution in [0.3, 0.4) is 0 Å². The molecule has 88 valence electrons. The van der Waals surface area contributed by atoms with Crippen LogP contribution >= 0.6 is 11.6 Å². The number of hydrogen-bond donors (Lipinski definition) is 0. The molecule has 0 spiro atoms. The molecule has 0 aliphatic rings. The molecule has 0 unspecified atom stereocenters. The predicted molar refractivity (Wildman–Crippen MR) is 54.9 cm³/mol. The summed E-state index contributed by atoms with van der Waals surface area (Å²) in [6.45, 7) is 5.59. The molecule has 0 aliphatic heterocycles. The van der Waals surface area contributed by atoms with Gasteiger partial charge in [-0.15, -0.1) is 0 Å². The third-order valence-corrected chi connectivity index (χ3v) is 2.04. The lowest BCUT2D eigenvalue weighted by Crippen LogP contribution is -2.06. The van der Waals surface area contributed by atoms with Crippen molar-refractivity contribution in [2.45, 2.75) is 13.1 Å². The molecule has 0 amide bonds. The molecule has 2 nitrogen and oxygen atoms in total. The van der Waals surface area contributed by atoms with Gasteiger partial charge in [0.1, 0.15) is 11.5 Å². The molecule has 1 aromatic rings. The molecule has 1 heterocycles. The van der Waals surface area contributed by atoms with E-state index in [2.05, 4.69) is 11.6 Å². The summed E-state index contributed by atoms with van der Waals surface area (Å²) in [7, 11) is 0. The Morgan fingerprint density at radius 1 is 1.56 bits per heavy atom. The quantitative estimate of drug-likeness (QED) is 0.763. The minimum Gasteiger partial charge on any atom is -0.492 e. The second-order valence-electron chi connectivity index (χ2n) is 2.91. The first-order valence-corrected chi connectivity index (χ1v) is 4.79. The maximum atomic E-state index is 12.3. The van der Waals surface area contributed by atoms with E-state index < -0.39 is 11.7 Å². The van der Waals surface area contributed by atoms with Crippen LogP contribution < -0.4 is 0 Å². The molecule has 16 heavy (non-hydrogen) atoms. The van der Waals surface area contributed by atoms with Crippen molar-refractivity contribution >= 4 is 17.4 Å². The number of ether oxygens (including phenoxy) is 1. The predicted octanol–water partition coefficient (Wildman–Crippen LogP) is 3.76. The molecule has 0 saturated heterocycles. The van der Waals surface area contributed by atoms with E-state index in [1.54, 1.807) is 6.92 Å². The molecule has 0 fully saturated rings. The lowest BCUT2D eigenvalue weighted by molar-refractivity contribution is -0.137. The number of hydrogen-bond acceptors (Lipinski definition) is 2. The van der Waals surface area contributed by atoms with Gasteiger partial charge in [-0.1, -0.05) is 18.2 Å². The van der Waals surface area contributed by atoms with E-state index in [1.807, 2.05) is 0 Å². The summed E-state index contributed by atoms with van der Waals surface area (Å²) in [5, 5.41) is -0.131. The average Bonchev–Trinajstić information content (AvgIpc) is 2.16. The van der Waals surface area contributed by atoms with Gasteiger partial charge in [0.25, 0.3) is 0 Å². The van der Waals surface area contributed by atoms with E-state index in [9.17, 15) is 13.2 Å². The van der Waals surface area contributed by atoms with Crippen LogP contribution in [0.25, 0.3) is 5.76 Å². The fourth-order valence-electron chi connectivity index (χ4n) is 1.04. The molecular formula is C10H9ClF3NO. The van der Waals surface area contributed by atoms with Crippen LogP contribution in [0.4, 0.5) is 13.2 Å². The van der Waals surface area contributed by atoms with Crippen LogP contribution in [0.15, 0.2) is 18.8 Å². The Morgan fingerprint density at radius 2 is 2.19 bits per heavy atom. The number of rotatable bonds is 3. The van der Waals surface area contributed by atoms with Gasteiger partial charge in [0.2, 0.25) is 0 Å². The minimum atomic E-state index is -4.46. The van der Waals surface area contributed by atoms with Crippen LogP contribution in [0.2, 0.25) is 5.02 Å². The van der Waals surface area contributed by atoms with Crippen molar-refractivity contribution in [2.24, 2.45) is 0 Å². The summed E-state index contributed by atoms with van der Waals surface area (Å²) in [4.78, 5) is 3.59. The molecule has 1 rings (SSSR count). The summed E-state index contributed by atoms with van der Waals surface area (Å²) in [6.07, 6.45) is -3.76. The lowest BCUT2D eigenvalue weighted by Gasteiger charge is -2.10. The molecule has 0 saturated carbocycles. The monoisotopic (exact) mass is 251 g/mol. The number of alkyl halides is 3. The first-order chi connectivity index (χ1) is 7.36. The fraction of sp³-hybridized carbons (Fsp3) is 0.300. The maximum Gasteiger partial charge on any atom is 0.417 e. The number of aromatic nitrogens is 1. The van der Waals surface area contributed by atoms with Gasteiger partial charge in [-0.2, -0.15) is 13.2 Å². The third-order valence-electron chi connectivity index (χ3n) is 1.75. The van der Waals surface area contributed by atoms with E-state index in [-0.39, 0.29) is 16.5 Å². The van der Waals surface area contributed by atoms with Gasteiger partial charge in [-0.05, 0) is 13.0 Å². The van der Waals surface area contributed by atoms with Crippen molar-refractivity contribution < 1.29 is 17.9 Å². The van der Waals surface area contributed by atoms with E-state index in [0.29, 0.717) is 12.8 Å². The van der Waals surface area contributed by atoms with Gasteiger partial charge in [-0.25, -0.2) is 0 Å². The fourth-order valence-corrected chi connectivity index (χ4v) is 1.31. The molecule has 0 aromatic carbocycles. The van der Waals surface area contributed by atoms with E-state index >= 15 is 0 Å². The molecule has 6 heteroatoms. The van der Waals surface area contributed by atoms with Crippen molar-refractivity contribution in [1.82, 2.24) is 4.98 Å². The topological polar surface area (TPSA) is 22.1 Å². The first kappa shape index (κ1) is 12.8. The smallest absolute Gasteiger partial charge is 0.417 e. The lowest BCUT2D eigenvalue weighted by atomic mass is 10.2. The van der Waals surface area contributed by atoms with E-state index in [4.69, 9.17) is 16.3 Å². The van der Waals surface area contributed by atoms with Crippen LogP contribution in [0, 0.1) is 0 Å². The van der Waals surface area contributed by atoms with Crippen LogP contribution in [0.5, 0.6) is 0 Å². The Morgan fingerprint density at radius 3 is 2.62 bits per heavy atom. The van der Waals surface area contributed by atoms with Crippen molar-refractivity contribution in [3.63, 3.8) is 0 Å². The Bertz CT molecular complexity index is 404. The molecule has 0 bridgehead atoms. The third kappa shape index (κ3) is 2.88. The average molecular weight is 252 g/mol. The Labute approximate surface area is 95.7 Å². The normalized spacial score (nSPS) is 11.3. The number of nitrogens with zero attached hydrogens (tertiary/aromatic N) is 1. The van der Waals surface area contributed by atoms with E-state index in [0.717, 1.165) is 6.07 Å². The van der Waals surface area contributed by atoms with Gasteiger partial charge in [-0.3, -0.25) is 4.98 Å². The van der Waals surface area contributed by atoms with Crippen molar-refractivity contribution in [3.05, 3.63) is 35.1 Å². The maximum absolute atomic E-state index is 12.3. The Hall–Kier alpha value is -1.23. The SMILES string of the molecule is C=C(OCC)c1ncc(C(F)(F)F)cc1Cl. The van der Waals surface area contributed by atoms with Crippen LogP contribution in [-0.4, -0.2) is 11.6 Å². The molecule has 0 atom stereocenters. The highest BCUT2D eigenvalue weighted by atomic mass is 35.5. The second-order valence-corrected chi connectivity index (χ2v) is 3.32. The second kappa shape index (κ2) is 4.74. The van der Waals surface area contributed by atoms with Gasteiger partial charge >= 0.3 is 6.18 Å². The van der Waals surface area contributed by atoms with Crippen molar-refractivity contribution in [3.8, 4) is 0 Å². The zero-order valence-electron chi connectivity index (χ0n) is 8.44. The number of halogens is 4. The van der Waals surface area contributed by atoms with Crippen molar-refractivity contribution in [2.75, 3.05) is 6.61 Å². The molecule has 0 radical (unpaired) electrons. The van der Waals surface area contributed by atoms with Gasteiger partial charge in [0.05, 0.1) is 17.2 Å². The molecule has 0 aliphatic carbocycles. The minimum absolute atomic E-state index is 0.122. The Kier molecular flexibility index (Phi) is 3.80. The zero-order chi connectivity index (χ0) is 12.3. The van der Waals surface area contributed by atoms with Gasteiger partial charge < -0.3 is 4.74 Å². The standard InChI is InChI=1S/C10H9ClF3NO/c1-3-16-6(2)9-8(11)4-7(5-15-9)10(12,13)14/h4-5H,2-3H2,1H3. The highest BCUT2D eigenvalue weighted by Gasteiger charge is 2.31. The molecule has 1 aromatic heterocycles. The molecule has 0 N–H and O–H groups in total. The van der Waals surface area contributed by atoms with Gasteiger partial charge in [0, 0.05) is 6.20 Å².